The van der Waals surface area contributed by atoms with Crippen LogP contribution in [0.3, 0.4) is 0 Å². The van der Waals surface area contributed by atoms with E-state index < -0.39 is 17.5 Å². The molecule has 1 aliphatic heterocycles. The van der Waals surface area contributed by atoms with Crippen molar-refractivity contribution in [1.82, 2.24) is 0 Å². The Bertz CT molecular complexity index is 222. The summed E-state index contributed by atoms with van der Waals surface area (Å²) in [5.74, 6) is -0.549. The summed E-state index contributed by atoms with van der Waals surface area (Å²) in [7, 11) is 0. The van der Waals surface area contributed by atoms with Crippen molar-refractivity contribution in [2.24, 2.45) is 0 Å². The molecule has 1 spiro atoms. The van der Waals surface area contributed by atoms with Gasteiger partial charge in [-0.2, -0.15) is 0 Å². The first-order chi connectivity index (χ1) is 5.54. The molecule has 12 heavy (non-hydrogen) atoms. The molecule has 2 atom stereocenters. The topological polar surface area (TPSA) is 38.7 Å². The minimum atomic E-state index is -0.549. The lowest BCUT2D eigenvalue weighted by Gasteiger charge is -2.27. The van der Waals surface area contributed by atoms with Gasteiger partial charge < -0.3 is 14.6 Å². The molecule has 68 valence electrons. The zero-order chi connectivity index (χ0) is 8.82. The van der Waals surface area contributed by atoms with Crippen LogP contribution in [0.2, 0.25) is 0 Å². The molecule has 0 aromatic rings. The van der Waals surface area contributed by atoms with Gasteiger partial charge in [-0.3, -0.25) is 0 Å². The van der Waals surface area contributed by atoms with Crippen LogP contribution >= 0.6 is 0 Å². The molecule has 0 unspecified atom stereocenters. The van der Waals surface area contributed by atoms with Crippen molar-refractivity contribution in [3.63, 3.8) is 0 Å². The van der Waals surface area contributed by atoms with Crippen LogP contribution in [-0.4, -0.2) is 29.2 Å². The van der Waals surface area contributed by atoms with Crippen LogP contribution in [0.15, 0.2) is 12.2 Å². The summed E-state index contributed by atoms with van der Waals surface area (Å²) in [6.45, 7) is 4.22. The van der Waals surface area contributed by atoms with E-state index in [0.717, 1.165) is 6.42 Å². The Hall–Kier alpha value is -0.380. The van der Waals surface area contributed by atoms with E-state index in [1.807, 2.05) is 19.9 Å². The van der Waals surface area contributed by atoms with E-state index >= 15 is 0 Å². The maximum atomic E-state index is 9.62. The van der Waals surface area contributed by atoms with Crippen LogP contribution in [0.5, 0.6) is 0 Å². The fraction of sp³-hybridized carbons (Fsp3) is 0.778. The Balaban J connectivity index is 2.16. The zero-order valence-corrected chi connectivity index (χ0v) is 7.41. The lowest BCUT2D eigenvalue weighted by Crippen LogP contribution is -2.41. The number of aliphatic hydroxyl groups excluding tert-OH is 1. The van der Waals surface area contributed by atoms with Gasteiger partial charge in [0.15, 0.2) is 5.79 Å². The molecule has 0 aromatic carbocycles. The van der Waals surface area contributed by atoms with Crippen molar-refractivity contribution in [1.29, 1.82) is 0 Å². The van der Waals surface area contributed by atoms with Crippen LogP contribution in [-0.2, 0) is 9.47 Å². The smallest absolute Gasteiger partial charge is 0.163 e. The normalized spacial score (nSPS) is 44.4. The molecule has 1 N–H and O–H groups in total. The molecule has 1 fully saturated rings. The van der Waals surface area contributed by atoms with Gasteiger partial charge in [0.25, 0.3) is 0 Å². The summed E-state index contributed by atoms with van der Waals surface area (Å²) in [5, 5.41) is 9.62. The molecule has 0 bridgehead atoms. The second-order valence-electron chi connectivity index (χ2n) is 3.93. The number of aliphatic hydroxyl groups is 1. The average molecular weight is 170 g/mol. The van der Waals surface area contributed by atoms with Gasteiger partial charge in [0.1, 0.15) is 11.7 Å². The van der Waals surface area contributed by atoms with Crippen molar-refractivity contribution < 1.29 is 14.6 Å². The SMILES string of the molecule is CC1(C)OC[C@]2(CC=C[C@H]2O)O1. The number of ether oxygens (including phenoxy) is 2. The highest BCUT2D eigenvalue weighted by atomic mass is 16.8. The molecule has 2 rings (SSSR count). The van der Waals surface area contributed by atoms with E-state index in [-0.39, 0.29) is 0 Å². The number of hydrogen-bond donors (Lipinski definition) is 1. The van der Waals surface area contributed by atoms with Crippen LogP contribution in [0.4, 0.5) is 0 Å². The highest BCUT2D eigenvalue weighted by Crippen LogP contribution is 2.39. The van der Waals surface area contributed by atoms with Gasteiger partial charge >= 0.3 is 0 Å². The molecule has 0 aromatic heterocycles. The lowest BCUT2D eigenvalue weighted by atomic mass is 10.0. The van der Waals surface area contributed by atoms with Gasteiger partial charge in [0, 0.05) is 0 Å². The third kappa shape index (κ3) is 1.09. The predicted octanol–water partition coefficient (Wildman–Crippen LogP) is 0.829. The molecule has 1 aliphatic carbocycles. The molecule has 3 nitrogen and oxygen atoms in total. The molecule has 3 heteroatoms. The molecular weight excluding hydrogens is 156 g/mol. The van der Waals surface area contributed by atoms with Gasteiger partial charge in [-0.05, 0) is 20.3 Å². The van der Waals surface area contributed by atoms with Crippen LogP contribution in [0.25, 0.3) is 0 Å². The minimum absolute atomic E-state index is 0.480. The lowest BCUT2D eigenvalue weighted by molar-refractivity contribution is -0.174. The first-order valence-corrected chi connectivity index (χ1v) is 4.23. The van der Waals surface area contributed by atoms with Crippen molar-refractivity contribution in [2.45, 2.75) is 37.8 Å². The average Bonchev–Trinajstić information content (AvgIpc) is 2.43. The predicted molar refractivity (Wildman–Crippen MR) is 43.6 cm³/mol. The summed E-state index contributed by atoms with van der Waals surface area (Å²) in [6, 6.07) is 0. The largest absolute Gasteiger partial charge is 0.386 e. The van der Waals surface area contributed by atoms with Crippen molar-refractivity contribution in [2.75, 3.05) is 6.61 Å². The Kier molecular flexibility index (Phi) is 1.59. The monoisotopic (exact) mass is 170 g/mol. The number of hydrogen-bond acceptors (Lipinski definition) is 3. The van der Waals surface area contributed by atoms with E-state index in [1.54, 1.807) is 6.08 Å². The second-order valence-corrected chi connectivity index (χ2v) is 3.93. The van der Waals surface area contributed by atoms with Gasteiger partial charge in [0.2, 0.25) is 0 Å². The standard InChI is InChI=1S/C9H14O3/c1-8(2)11-6-9(12-8)5-3-4-7(9)10/h3-4,7,10H,5-6H2,1-2H3/t7-,9+/m1/s1. The van der Waals surface area contributed by atoms with Crippen LogP contribution in [0.1, 0.15) is 20.3 Å². The van der Waals surface area contributed by atoms with Gasteiger partial charge in [0.05, 0.1) is 6.61 Å². The summed E-state index contributed by atoms with van der Waals surface area (Å²) in [6.07, 6.45) is 3.94. The number of rotatable bonds is 0. The van der Waals surface area contributed by atoms with Gasteiger partial charge in [-0.15, -0.1) is 0 Å². The van der Waals surface area contributed by atoms with Gasteiger partial charge in [-0.1, -0.05) is 12.2 Å². The molecule has 1 saturated heterocycles. The van der Waals surface area contributed by atoms with Crippen LogP contribution in [0, 0.1) is 0 Å². The Morgan fingerprint density at radius 3 is 2.67 bits per heavy atom. The van der Waals surface area contributed by atoms with Crippen LogP contribution < -0.4 is 0 Å². The summed E-state index contributed by atoms with van der Waals surface area (Å²) in [4.78, 5) is 0. The Morgan fingerprint density at radius 1 is 1.50 bits per heavy atom. The minimum Gasteiger partial charge on any atom is -0.386 e. The van der Waals surface area contributed by atoms with Gasteiger partial charge in [-0.25, -0.2) is 0 Å². The highest BCUT2D eigenvalue weighted by molar-refractivity contribution is 5.14. The highest BCUT2D eigenvalue weighted by Gasteiger charge is 2.50. The summed E-state index contributed by atoms with van der Waals surface area (Å²) < 4.78 is 11.1. The van der Waals surface area contributed by atoms with Crippen molar-refractivity contribution >= 4 is 0 Å². The van der Waals surface area contributed by atoms with E-state index in [1.165, 1.54) is 0 Å². The molecule has 0 radical (unpaired) electrons. The Morgan fingerprint density at radius 2 is 2.25 bits per heavy atom. The molecule has 0 saturated carbocycles. The molecular formula is C9H14O3. The third-order valence-corrected chi connectivity index (χ3v) is 2.43. The van der Waals surface area contributed by atoms with E-state index in [9.17, 15) is 5.11 Å². The zero-order valence-electron chi connectivity index (χ0n) is 7.41. The Labute approximate surface area is 72.0 Å². The third-order valence-electron chi connectivity index (χ3n) is 2.43. The molecule has 0 amide bonds. The van der Waals surface area contributed by atoms with Crippen molar-refractivity contribution in [3.05, 3.63) is 12.2 Å². The summed E-state index contributed by atoms with van der Waals surface area (Å²) >= 11 is 0. The fourth-order valence-electron chi connectivity index (χ4n) is 1.78. The quantitative estimate of drug-likeness (QED) is 0.547. The van der Waals surface area contributed by atoms with E-state index in [0.29, 0.717) is 6.61 Å². The van der Waals surface area contributed by atoms with E-state index in [4.69, 9.17) is 9.47 Å². The molecule has 1 heterocycles. The van der Waals surface area contributed by atoms with E-state index in [2.05, 4.69) is 0 Å². The summed E-state index contributed by atoms with van der Waals surface area (Å²) in [5.41, 5.74) is -0.497. The maximum absolute atomic E-state index is 9.62. The first kappa shape index (κ1) is 8.23. The molecule has 2 aliphatic rings. The first-order valence-electron chi connectivity index (χ1n) is 4.23. The maximum Gasteiger partial charge on any atom is 0.163 e. The van der Waals surface area contributed by atoms with Crippen molar-refractivity contribution in [3.8, 4) is 0 Å². The second kappa shape index (κ2) is 2.31. The fourth-order valence-corrected chi connectivity index (χ4v) is 1.78.